The molecule has 0 unspecified atom stereocenters. The molecular formula is C17H26O3. The first-order chi connectivity index (χ1) is 9.49. The molecule has 0 radical (unpaired) electrons. The largest absolute Gasteiger partial charge is 0.374 e. The van der Waals surface area contributed by atoms with Crippen LogP contribution in [0.15, 0.2) is 24.3 Å². The van der Waals surface area contributed by atoms with Gasteiger partial charge in [-0.15, -0.1) is 0 Å². The van der Waals surface area contributed by atoms with Crippen LogP contribution in [-0.4, -0.2) is 25.1 Å². The van der Waals surface area contributed by atoms with Crippen LogP contribution in [0.1, 0.15) is 38.8 Å². The van der Waals surface area contributed by atoms with Crippen LogP contribution in [-0.2, 0) is 27.3 Å². The van der Waals surface area contributed by atoms with Gasteiger partial charge in [-0.2, -0.15) is 0 Å². The van der Waals surface area contributed by atoms with Gasteiger partial charge >= 0.3 is 0 Å². The fraction of sp³-hybridized carbons (Fsp3) is 0.588. The van der Waals surface area contributed by atoms with Gasteiger partial charge in [0.25, 0.3) is 0 Å². The number of Topliss-reactive ketones (excluding diaryl/α,β-unsaturated/α-hetero) is 1. The van der Waals surface area contributed by atoms with Crippen molar-refractivity contribution in [3.63, 3.8) is 0 Å². The van der Waals surface area contributed by atoms with E-state index in [2.05, 4.69) is 24.3 Å². The molecule has 0 aliphatic rings. The number of rotatable bonds is 9. The minimum Gasteiger partial charge on any atom is -0.374 e. The van der Waals surface area contributed by atoms with Crippen molar-refractivity contribution in [3.8, 4) is 0 Å². The lowest BCUT2D eigenvalue weighted by molar-refractivity contribution is -0.126. The lowest BCUT2D eigenvalue weighted by Gasteiger charge is -2.09. The van der Waals surface area contributed by atoms with Crippen LogP contribution >= 0.6 is 0 Å². The highest BCUT2D eigenvalue weighted by Gasteiger charge is 2.06. The number of hydrogen-bond acceptors (Lipinski definition) is 3. The van der Waals surface area contributed by atoms with Gasteiger partial charge in [0.05, 0.1) is 19.3 Å². The maximum Gasteiger partial charge on any atom is 0.160 e. The summed E-state index contributed by atoms with van der Waals surface area (Å²) < 4.78 is 10.9. The highest BCUT2D eigenvalue weighted by atomic mass is 16.5. The Morgan fingerprint density at radius 3 is 2.20 bits per heavy atom. The van der Waals surface area contributed by atoms with Gasteiger partial charge in [-0.3, -0.25) is 4.79 Å². The lowest BCUT2D eigenvalue weighted by Crippen LogP contribution is -2.15. The molecule has 1 aromatic carbocycles. The van der Waals surface area contributed by atoms with Crippen LogP contribution in [0.3, 0.4) is 0 Å². The van der Waals surface area contributed by atoms with Crippen molar-refractivity contribution in [2.45, 2.75) is 46.8 Å². The SMILES string of the molecule is CC(C)OCc1ccc(CCOCC(=O)C(C)C)cc1. The van der Waals surface area contributed by atoms with Gasteiger partial charge in [0.15, 0.2) is 5.78 Å². The maximum absolute atomic E-state index is 11.4. The van der Waals surface area contributed by atoms with Gasteiger partial charge in [0.2, 0.25) is 0 Å². The third-order valence-electron chi connectivity index (χ3n) is 3.03. The van der Waals surface area contributed by atoms with Crippen molar-refractivity contribution in [2.24, 2.45) is 5.92 Å². The fourth-order valence-corrected chi connectivity index (χ4v) is 1.59. The first-order valence-electron chi connectivity index (χ1n) is 7.29. The number of ether oxygens (including phenoxy) is 2. The van der Waals surface area contributed by atoms with E-state index in [1.807, 2.05) is 27.7 Å². The van der Waals surface area contributed by atoms with E-state index in [0.29, 0.717) is 13.2 Å². The molecule has 0 atom stereocenters. The second-order valence-corrected chi connectivity index (χ2v) is 5.60. The molecule has 0 saturated heterocycles. The number of ketones is 1. The average molecular weight is 278 g/mol. The van der Waals surface area contributed by atoms with Gasteiger partial charge in [0.1, 0.15) is 6.61 Å². The predicted octanol–water partition coefficient (Wildman–Crippen LogP) is 3.40. The Bertz CT molecular complexity index is 393. The third kappa shape index (κ3) is 6.83. The molecule has 0 aliphatic carbocycles. The Labute approximate surface area is 122 Å². The summed E-state index contributed by atoms with van der Waals surface area (Å²) in [5.41, 5.74) is 2.40. The fourth-order valence-electron chi connectivity index (χ4n) is 1.59. The first-order valence-corrected chi connectivity index (χ1v) is 7.29. The Morgan fingerprint density at radius 1 is 1.05 bits per heavy atom. The summed E-state index contributed by atoms with van der Waals surface area (Å²) in [5, 5.41) is 0. The van der Waals surface area contributed by atoms with Crippen molar-refractivity contribution in [2.75, 3.05) is 13.2 Å². The Hall–Kier alpha value is -1.19. The van der Waals surface area contributed by atoms with Crippen LogP contribution in [0.2, 0.25) is 0 Å². The van der Waals surface area contributed by atoms with Crippen LogP contribution in [0.4, 0.5) is 0 Å². The summed E-state index contributed by atoms with van der Waals surface area (Å²) >= 11 is 0. The number of carbonyl (C=O) groups is 1. The third-order valence-corrected chi connectivity index (χ3v) is 3.03. The van der Waals surface area contributed by atoms with Crippen LogP contribution in [0.25, 0.3) is 0 Å². The minimum absolute atomic E-state index is 0.0511. The molecule has 0 amide bonds. The molecular weight excluding hydrogens is 252 g/mol. The molecule has 0 heterocycles. The van der Waals surface area contributed by atoms with Gasteiger partial charge in [-0.1, -0.05) is 38.1 Å². The van der Waals surface area contributed by atoms with E-state index >= 15 is 0 Å². The van der Waals surface area contributed by atoms with E-state index in [-0.39, 0.29) is 24.4 Å². The van der Waals surface area contributed by atoms with Crippen LogP contribution < -0.4 is 0 Å². The van der Waals surface area contributed by atoms with Gasteiger partial charge in [0, 0.05) is 5.92 Å². The summed E-state index contributed by atoms with van der Waals surface area (Å²) in [5.74, 6) is 0.210. The highest BCUT2D eigenvalue weighted by Crippen LogP contribution is 2.08. The van der Waals surface area contributed by atoms with Crippen molar-refractivity contribution in [3.05, 3.63) is 35.4 Å². The molecule has 0 N–H and O–H groups in total. The minimum atomic E-state index is 0.0511. The molecule has 3 heteroatoms. The van der Waals surface area contributed by atoms with Crippen molar-refractivity contribution in [1.29, 1.82) is 0 Å². The zero-order valence-electron chi connectivity index (χ0n) is 13.0. The van der Waals surface area contributed by atoms with Crippen molar-refractivity contribution >= 4 is 5.78 Å². The summed E-state index contributed by atoms with van der Waals surface area (Å²) in [6, 6.07) is 8.34. The van der Waals surface area contributed by atoms with E-state index < -0.39 is 0 Å². The molecule has 3 nitrogen and oxygen atoms in total. The predicted molar refractivity (Wildman–Crippen MR) is 80.7 cm³/mol. The van der Waals surface area contributed by atoms with E-state index in [9.17, 15) is 4.79 Å². The summed E-state index contributed by atoms with van der Waals surface area (Å²) in [7, 11) is 0. The topological polar surface area (TPSA) is 35.5 Å². The van der Waals surface area contributed by atoms with Gasteiger partial charge in [-0.05, 0) is 31.4 Å². The van der Waals surface area contributed by atoms with E-state index in [1.165, 1.54) is 11.1 Å². The summed E-state index contributed by atoms with van der Waals surface area (Å²) in [6.07, 6.45) is 1.08. The molecule has 20 heavy (non-hydrogen) atoms. The molecule has 112 valence electrons. The summed E-state index contributed by atoms with van der Waals surface area (Å²) in [6.45, 7) is 9.30. The lowest BCUT2D eigenvalue weighted by atomic mass is 10.1. The maximum atomic E-state index is 11.4. The van der Waals surface area contributed by atoms with Gasteiger partial charge < -0.3 is 9.47 Å². The standard InChI is InChI=1S/C17H26O3/c1-13(2)17(18)12-19-10-9-15-5-7-16(8-6-15)11-20-14(3)4/h5-8,13-14H,9-12H2,1-4H3. The van der Waals surface area contributed by atoms with Gasteiger partial charge in [-0.25, -0.2) is 0 Å². The number of benzene rings is 1. The monoisotopic (exact) mass is 278 g/mol. The molecule has 0 saturated carbocycles. The first kappa shape index (κ1) is 16.9. The molecule has 0 spiro atoms. The van der Waals surface area contributed by atoms with Crippen LogP contribution in [0, 0.1) is 5.92 Å². The molecule has 1 aromatic rings. The Morgan fingerprint density at radius 2 is 1.65 bits per heavy atom. The zero-order valence-corrected chi connectivity index (χ0v) is 13.0. The molecule has 0 aromatic heterocycles. The summed E-state index contributed by atoms with van der Waals surface area (Å²) in [4.78, 5) is 11.4. The molecule has 0 aliphatic heterocycles. The number of carbonyl (C=O) groups excluding carboxylic acids is 1. The normalized spacial score (nSPS) is 11.3. The van der Waals surface area contributed by atoms with E-state index in [0.717, 1.165) is 6.42 Å². The number of hydrogen-bond donors (Lipinski definition) is 0. The molecule has 1 rings (SSSR count). The van der Waals surface area contributed by atoms with Crippen LogP contribution in [0.5, 0.6) is 0 Å². The van der Waals surface area contributed by atoms with E-state index in [1.54, 1.807) is 0 Å². The smallest absolute Gasteiger partial charge is 0.160 e. The Kier molecular flexibility index (Phi) is 7.48. The van der Waals surface area contributed by atoms with Crippen molar-refractivity contribution in [1.82, 2.24) is 0 Å². The average Bonchev–Trinajstić information content (AvgIpc) is 2.42. The second kappa shape index (κ2) is 8.88. The molecule has 0 fully saturated rings. The molecule has 0 bridgehead atoms. The zero-order chi connectivity index (χ0) is 15.0. The Balaban J connectivity index is 2.26. The highest BCUT2D eigenvalue weighted by molar-refractivity contribution is 5.81. The second-order valence-electron chi connectivity index (χ2n) is 5.60. The van der Waals surface area contributed by atoms with E-state index in [4.69, 9.17) is 9.47 Å². The van der Waals surface area contributed by atoms with Crippen molar-refractivity contribution < 1.29 is 14.3 Å². The quantitative estimate of drug-likeness (QED) is 0.649.